The Morgan fingerprint density at radius 2 is 2.19 bits per heavy atom. The Labute approximate surface area is 123 Å². The first-order valence-electron chi connectivity index (χ1n) is 7.20. The molecule has 21 heavy (non-hydrogen) atoms. The van der Waals surface area contributed by atoms with Crippen LogP contribution in [0.3, 0.4) is 0 Å². The van der Waals surface area contributed by atoms with Crippen molar-refractivity contribution < 1.29 is 9.53 Å². The zero-order chi connectivity index (χ0) is 15.0. The summed E-state index contributed by atoms with van der Waals surface area (Å²) in [6.45, 7) is 6.10. The van der Waals surface area contributed by atoms with E-state index in [4.69, 9.17) is 4.74 Å². The van der Waals surface area contributed by atoms with Gasteiger partial charge in [-0.3, -0.25) is 4.40 Å². The second-order valence-electron chi connectivity index (χ2n) is 5.71. The number of imidazole rings is 1. The SMILES string of the molecule is C/C(=C/C(=O)OCc1cn2c(C)cc(C)nc2n1)C1CC1. The van der Waals surface area contributed by atoms with E-state index in [-0.39, 0.29) is 12.6 Å². The molecule has 2 aromatic rings. The fourth-order valence-electron chi connectivity index (χ4n) is 2.42. The van der Waals surface area contributed by atoms with Crippen molar-refractivity contribution in [3.63, 3.8) is 0 Å². The Morgan fingerprint density at radius 3 is 2.90 bits per heavy atom. The van der Waals surface area contributed by atoms with E-state index in [1.807, 2.05) is 37.4 Å². The smallest absolute Gasteiger partial charge is 0.331 e. The molecular formula is C16H19N3O2. The Kier molecular flexibility index (Phi) is 3.49. The largest absolute Gasteiger partial charge is 0.456 e. The number of hydrogen-bond acceptors (Lipinski definition) is 4. The third-order valence-corrected chi connectivity index (χ3v) is 3.74. The monoisotopic (exact) mass is 285 g/mol. The Balaban J connectivity index is 1.69. The molecule has 0 spiro atoms. The minimum absolute atomic E-state index is 0.176. The van der Waals surface area contributed by atoms with E-state index in [2.05, 4.69) is 9.97 Å². The van der Waals surface area contributed by atoms with Gasteiger partial charge < -0.3 is 4.74 Å². The highest BCUT2D eigenvalue weighted by Crippen LogP contribution is 2.35. The van der Waals surface area contributed by atoms with Crippen molar-refractivity contribution in [2.24, 2.45) is 5.92 Å². The molecule has 5 nitrogen and oxygen atoms in total. The lowest BCUT2D eigenvalue weighted by atomic mass is 10.2. The molecular weight excluding hydrogens is 266 g/mol. The van der Waals surface area contributed by atoms with Crippen LogP contribution in [0.25, 0.3) is 5.78 Å². The highest BCUT2D eigenvalue weighted by molar-refractivity contribution is 5.82. The average molecular weight is 285 g/mol. The minimum atomic E-state index is -0.294. The molecule has 0 unspecified atom stereocenters. The first-order valence-corrected chi connectivity index (χ1v) is 7.20. The molecule has 0 aromatic carbocycles. The molecule has 0 N–H and O–H groups in total. The molecule has 0 saturated heterocycles. The quantitative estimate of drug-likeness (QED) is 0.640. The van der Waals surface area contributed by atoms with E-state index in [0.29, 0.717) is 17.4 Å². The molecule has 0 bridgehead atoms. The highest BCUT2D eigenvalue weighted by atomic mass is 16.5. The number of carbonyl (C=O) groups excluding carboxylic acids is 1. The van der Waals surface area contributed by atoms with Crippen molar-refractivity contribution in [2.45, 2.75) is 40.2 Å². The second kappa shape index (κ2) is 5.31. The van der Waals surface area contributed by atoms with E-state index < -0.39 is 0 Å². The van der Waals surface area contributed by atoms with E-state index >= 15 is 0 Å². The van der Waals surface area contributed by atoms with Gasteiger partial charge >= 0.3 is 5.97 Å². The maximum absolute atomic E-state index is 11.7. The predicted molar refractivity (Wildman–Crippen MR) is 78.7 cm³/mol. The zero-order valence-electron chi connectivity index (χ0n) is 12.6. The number of rotatable bonds is 4. The van der Waals surface area contributed by atoms with Crippen LogP contribution in [-0.4, -0.2) is 20.3 Å². The van der Waals surface area contributed by atoms with Crippen molar-refractivity contribution >= 4 is 11.7 Å². The summed E-state index contributed by atoms with van der Waals surface area (Å²) < 4.78 is 7.16. The maximum atomic E-state index is 11.7. The van der Waals surface area contributed by atoms with Gasteiger partial charge in [0.2, 0.25) is 5.78 Å². The van der Waals surface area contributed by atoms with Crippen molar-refractivity contribution in [1.29, 1.82) is 0 Å². The van der Waals surface area contributed by atoms with Gasteiger partial charge in [-0.05, 0) is 45.6 Å². The van der Waals surface area contributed by atoms with Crippen LogP contribution in [0.4, 0.5) is 0 Å². The summed E-state index contributed by atoms with van der Waals surface area (Å²) in [5, 5.41) is 0. The lowest BCUT2D eigenvalue weighted by Crippen LogP contribution is -2.02. The number of allylic oxidation sites excluding steroid dienone is 1. The van der Waals surface area contributed by atoms with Crippen LogP contribution in [0.2, 0.25) is 0 Å². The Hall–Kier alpha value is -2.17. The van der Waals surface area contributed by atoms with Crippen LogP contribution >= 0.6 is 0 Å². The molecule has 1 saturated carbocycles. The highest BCUT2D eigenvalue weighted by Gasteiger charge is 2.23. The molecule has 2 aromatic heterocycles. The number of carbonyl (C=O) groups is 1. The molecule has 110 valence electrons. The Morgan fingerprint density at radius 1 is 1.43 bits per heavy atom. The molecule has 0 atom stereocenters. The van der Waals surface area contributed by atoms with E-state index in [1.165, 1.54) is 12.8 Å². The van der Waals surface area contributed by atoms with Crippen molar-refractivity contribution in [1.82, 2.24) is 14.4 Å². The van der Waals surface area contributed by atoms with Crippen LogP contribution < -0.4 is 0 Å². The maximum Gasteiger partial charge on any atom is 0.331 e. The van der Waals surface area contributed by atoms with Crippen molar-refractivity contribution in [3.8, 4) is 0 Å². The lowest BCUT2D eigenvalue weighted by molar-refractivity contribution is -0.139. The number of esters is 1. The third-order valence-electron chi connectivity index (χ3n) is 3.74. The van der Waals surface area contributed by atoms with E-state index in [1.54, 1.807) is 6.08 Å². The molecule has 0 amide bonds. The number of aromatic nitrogens is 3. The number of nitrogens with zero attached hydrogens (tertiary/aromatic N) is 3. The van der Waals surface area contributed by atoms with E-state index in [0.717, 1.165) is 17.0 Å². The van der Waals surface area contributed by atoms with Gasteiger partial charge in [-0.2, -0.15) is 0 Å². The van der Waals surface area contributed by atoms with Crippen LogP contribution in [0.15, 0.2) is 23.9 Å². The molecule has 3 rings (SSSR count). The van der Waals surface area contributed by atoms with Gasteiger partial charge in [-0.15, -0.1) is 0 Å². The summed E-state index contributed by atoms with van der Waals surface area (Å²) >= 11 is 0. The molecule has 2 heterocycles. The number of aryl methyl sites for hydroxylation is 2. The standard InChI is InChI=1S/C16H19N3O2/c1-10(13-4-5-13)6-15(20)21-9-14-8-19-12(3)7-11(2)17-16(19)18-14/h6-8,13H,4-5,9H2,1-3H3/b10-6-. The topological polar surface area (TPSA) is 56.5 Å². The first-order chi connectivity index (χ1) is 10.0. The van der Waals surface area contributed by atoms with Crippen molar-refractivity contribution in [3.05, 3.63) is 41.0 Å². The first kappa shape index (κ1) is 13.8. The van der Waals surface area contributed by atoms with Gasteiger partial charge in [-0.1, -0.05) is 5.57 Å². The van der Waals surface area contributed by atoms with Crippen molar-refractivity contribution in [2.75, 3.05) is 0 Å². The number of ether oxygens (including phenoxy) is 1. The van der Waals surface area contributed by atoms with Crippen LogP contribution in [0.1, 0.15) is 36.8 Å². The molecule has 1 aliphatic carbocycles. The molecule has 1 aliphatic rings. The summed E-state index contributed by atoms with van der Waals surface area (Å²) in [6, 6.07) is 1.99. The summed E-state index contributed by atoms with van der Waals surface area (Å²) in [7, 11) is 0. The van der Waals surface area contributed by atoms with E-state index in [9.17, 15) is 4.79 Å². The normalized spacial score (nSPS) is 15.5. The lowest BCUT2D eigenvalue weighted by Gasteiger charge is -2.00. The fourth-order valence-corrected chi connectivity index (χ4v) is 2.42. The summed E-state index contributed by atoms with van der Waals surface area (Å²) in [6.07, 6.45) is 5.83. The number of hydrogen-bond donors (Lipinski definition) is 0. The summed E-state index contributed by atoms with van der Waals surface area (Å²) in [5.74, 6) is 0.933. The molecule has 1 fully saturated rings. The molecule has 0 aliphatic heterocycles. The van der Waals surface area contributed by atoms with Crippen LogP contribution in [0, 0.1) is 19.8 Å². The zero-order valence-corrected chi connectivity index (χ0v) is 12.6. The van der Waals surface area contributed by atoms with Gasteiger partial charge in [-0.25, -0.2) is 14.8 Å². The average Bonchev–Trinajstić information content (AvgIpc) is 3.17. The molecule has 0 radical (unpaired) electrons. The summed E-state index contributed by atoms with van der Waals surface area (Å²) in [4.78, 5) is 20.5. The van der Waals surface area contributed by atoms with Gasteiger partial charge in [0.15, 0.2) is 0 Å². The van der Waals surface area contributed by atoms with Crippen LogP contribution in [-0.2, 0) is 16.1 Å². The minimum Gasteiger partial charge on any atom is -0.456 e. The van der Waals surface area contributed by atoms with Gasteiger partial charge in [0.05, 0.1) is 5.69 Å². The number of fused-ring (bicyclic) bond motifs is 1. The summed E-state index contributed by atoms with van der Waals surface area (Å²) in [5.41, 5.74) is 3.81. The second-order valence-corrected chi connectivity index (χ2v) is 5.71. The Bertz CT molecular complexity index is 726. The third kappa shape index (κ3) is 3.12. The predicted octanol–water partition coefficient (Wildman–Crippen LogP) is 2.75. The fraction of sp³-hybridized carbons (Fsp3) is 0.438. The molecule has 5 heteroatoms. The van der Waals surface area contributed by atoms with Gasteiger partial charge in [0.25, 0.3) is 0 Å². The van der Waals surface area contributed by atoms with Gasteiger partial charge in [0.1, 0.15) is 6.61 Å². The van der Waals surface area contributed by atoms with Gasteiger partial charge in [0, 0.05) is 23.7 Å². The van der Waals surface area contributed by atoms with Crippen LogP contribution in [0.5, 0.6) is 0 Å².